The molecule has 0 aliphatic heterocycles. The zero-order valence-corrected chi connectivity index (χ0v) is 17.2. The predicted octanol–water partition coefficient (Wildman–Crippen LogP) is 3.70. The second kappa shape index (κ2) is 8.92. The van der Waals surface area contributed by atoms with Crippen molar-refractivity contribution in [2.75, 3.05) is 20.7 Å². The number of hydrogen-bond donors (Lipinski definition) is 1. The van der Waals surface area contributed by atoms with Gasteiger partial charge in [0, 0.05) is 12.6 Å². The van der Waals surface area contributed by atoms with E-state index >= 15 is 0 Å². The summed E-state index contributed by atoms with van der Waals surface area (Å²) < 4.78 is 10.9. The topological polar surface area (TPSA) is 75.8 Å². The molecule has 1 N–H and O–H groups in total. The van der Waals surface area contributed by atoms with Crippen molar-refractivity contribution in [3.05, 3.63) is 71.1 Å². The van der Waals surface area contributed by atoms with Crippen LogP contribution in [0.3, 0.4) is 0 Å². The number of benzene rings is 2. The fraction of sp³-hybridized carbons (Fsp3) is 0.304. The summed E-state index contributed by atoms with van der Waals surface area (Å²) >= 11 is 0. The maximum Gasteiger partial charge on any atom is 0.228 e. The van der Waals surface area contributed by atoms with E-state index in [0.717, 1.165) is 11.1 Å². The minimum atomic E-state index is -0.805. The Hall–Kier alpha value is -3.12. The van der Waals surface area contributed by atoms with Crippen LogP contribution in [0, 0.1) is 13.8 Å². The molecule has 0 fully saturated rings. The minimum Gasteiger partial charge on any atom is -0.497 e. The van der Waals surface area contributed by atoms with Crippen LogP contribution in [0.25, 0.3) is 11.5 Å². The maximum absolute atomic E-state index is 12.7. The number of likely N-dealkylation sites (N-methyl/N-ethyl adjacent to an activating group) is 1. The van der Waals surface area contributed by atoms with Crippen LogP contribution >= 0.6 is 0 Å². The standard InChI is InChI=1S/C23H26N2O4/c1-15-8-10-17(11-9-15)23-24-20(16(2)29-23)13-22(27)25(3)14-21(26)18-6-5-7-19(12-18)28-4/h5-12,21,26H,13-14H2,1-4H3. The number of methoxy groups -OCH3 is 1. The average Bonchev–Trinajstić information content (AvgIpc) is 3.08. The van der Waals surface area contributed by atoms with Gasteiger partial charge in [-0.1, -0.05) is 29.8 Å². The van der Waals surface area contributed by atoms with Gasteiger partial charge >= 0.3 is 0 Å². The molecule has 0 spiro atoms. The van der Waals surface area contributed by atoms with Gasteiger partial charge in [0.25, 0.3) is 0 Å². The number of rotatable bonds is 7. The summed E-state index contributed by atoms with van der Waals surface area (Å²) in [5.74, 6) is 1.65. The van der Waals surface area contributed by atoms with Crippen molar-refractivity contribution >= 4 is 5.91 Å². The third-order valence-corrected chi connectivity index (χ3v) is 4.86. The molecule has 3 aromatic rings. The monoisotopic (exact) mass is 394 g/mol. The van der Waals surface area contributed by atoms with E-state index in [1.54, 1.807) is 33.2 Å². The van der Waals surface area contributed by atoms with Gasteiger partial charge in [-0.3, -0.25) is 4.79 Å². The highest BCUT2D eigenvalue weighted by atomic mass is 16.5. The Morgan fingerprint density at radius 3 is 2.62 bits per heavy atom. The molecular formula is C23H26N2O4. The molecule has 0 bridgehead atoms. The van der Waals surface area contributed by atoms with E-state index in [9.17, 15) is 9.90 Å². The van der Waals surface area contributed by atoms with Gasteiger partial charge in [0.05, 0.1) is 31.9 Å². The van der Waals surface area contributed by atoms with Gasteiger partial charge in [-0.2, -0.15) is 0 Å². The molecule has 152 valence electrons. The molecule has 1 heterocycles. The second-order valence-electron chi connectivity index (χ2n) is 7.13. The van der Waals surface area contributed by atoms with Crippen molar-refractivity contribution in [3.8, 4) is 17.2 Å². The van der Waals surface area contributed by atoms with E-state index in [4.69, 9.17) is 9.15 Å². The zero-order chi connectivity index (χ0) is 21.0. The SMILES string of the molecule is COc1cccc(C(O)CN(C)C(=O)Cc2nc(-c3ccc(C)cc3)oc2C)c1. The Labute approximate surface area is 170 Å². The van der Waals surface area contributed by atoms with Crippen molar-refractivity contribution in [2.24, 2.45) is 0 Å². The van der Waals surface area contributed by atoms with Gasteiger partial charge in [-0.05, 0) is 43.7 Å². The summed E-state index contributed by atoms with van der Waals surface area (Å²) in [6.07, 6.45) is -0.691. The summed E-state index contributed by atoms with van der Waals surface area (Å²) in [4.78, 5) is 18.7. The van der Waals surface area contributed by atoms with Crippen molar-refractivity contribution in [3.63, 3.8) is 0 Å². The number of aliphatic hydroxyl groups excluding tert-OH is 1. The molecule has 1 amide bonds. The van der Waals surface area contributed by atoms with E-state index in [0.29, 0.717) is 28.7 Å². The molecule has 1 aromatic heterocycles. The zero-order valence-electron chi connectivity index (χ0n) is 17.2. The summed E-state index contributed by atoms with van der Waals surface area (Å²) in [5, 5.41) is 10.5. The maximum atomic E-state index is 12.7. The van der Waals surface area contributed by atoms with Crippen molar-refractivity contribution in [2.45, 2.75) is 26.4 Å². The van der Waals surface area contributed by atoms with Crippen molar-refractivity contribution < 1.29 is 19.1 Å². The minimum absolute atomic E-state index is 0.114. The van der Waals surface area contributed by atoms with E-state index in [-0.39, 0.29) is 18.9 Å². The second-order valence-corrected chi connectivity index (χ2v) is 7.13. The third kappa shape index (κ3) is 5.03. The van der Waals surface area contributed by atoms with Gasteiger partial charge in [-0.15, -0.1) is 0 Å². The number of carbonyl (C=O) groups excluding carboxylic acids is 1. The first kappa shape index (κ1) is 20.6. The first-order chi connectivity index (χ1) is 13.9. The number of nitrogens with zero attached hydrogens (tertiary/aromatic N) is 2. The van der Waals surface area contributed by atoms with E-state index in [1.807, 2.05) is 43.3 Å². The highest BCUT2D eigenvalue weighted by Crippen LogP contribution is 2.23. The molecule has 0 radical (unpaired) electrons. The first-order valence-corrected chi connectivity index (χ1v) is 9.46. The fourth-order valence-electron chi connectivity index (χ4n) is 3.01. The normalized spacial score (nSPS) is 11.9. The first-order valence-electron chi connectivity index (χ1n) is 9.46. The van der Waals surface area contributed by atoms with Crippen molar-refractivity contribution in [1.29, 1.82) is 0 Å². The molecular weight excluding hydrogens is 368 g/mol. The Kier molecular flexibility index (Phi) is 6.34. The van der Waals surface area contributed by atoms with Crippen LogP contribution in [0.5, 0.6) is 5.75 Å². The summed E-state index contributed by atoms with van der Waals surface area (Å²) in [5.41, 5.74) is 3.33. The van der Waals surface area contributed by atoms with Crippen LogP contribution in [0.15, 0.2) is 52.9 Å². The lowest BCUT2D eigenvalue weighted by molar-refractivity contribution is -0.130. The highest BCUT2D eigenvalue weighted by Gasteiger charge is 2.20. The van der Waals surface area contributed by atoms with Crippen LogP contribution in [0.4, 0.5) is 0 Å². The number of amides is 1. The van der Waals surface area contributed by atoms with Gasteiger partial charge in [0.1, 0.15) is 11.5 Å². The van der Waals surface area contributed by atoms with Crippen LogP contribution in [-0.4, -0.2) is 41.6 Å². The van der Waals surface area contributed by atoms with Gasteiger partial charge in [-0.25, -0.2) is 4.98 Å². The van der Waals surface area contributed by atoms with E-state index in [1.165, 1.54) is 4.90 Å². The lowest BCUT2D eigenvalue weighted by atomic mass is 10.1. The average molecular weight is 394 g/mol. The summed E-state index contributed by atoms with van der Waals surface area (Å²) in [6, 6.07) is 15.1. The fourth-order valence-corrected chi connectivity index (χ4v) is 3.01. The number of oxazole rings is 1. The number of ether oxygens (including phenoxy) is 1. The molecule has 0 saturated heterocycles. The van der Waals surface area contributed by atoms with Gasteiger partial charge in [0.15, 0.2) is 0 Å². The number of carbonyl (C=O) groups is 1. The highest BCUT2D eigenvalue weighted by molar-refractivity contribution is 5.78. The van der Waals surface area contributed by atoms with Gasteiger partial charge in [0.2, 0.25) is 11.8 Å². The number of hydrogen-bond acceptors (Lipinski definition) is 5. The van der Waals surface area contributed by atoms with E-state index in [2.05, 4.69) is 4.98 Å². The number of aryl methyl sites for hydroxylation is 2. The molecule has 2 aromatic carbocycles. The largest absolute Gasteiger partial charge is 0.497 e. The van der Waals surface area contributed by atoms with E-state index < -0.39 is 6.10 Å². The van der Waals surface area contributed by atoms with Crippen LogP contribution in [0.1, 0.15) is 28.7 Å². The summed E-state index contributed by atoms with van der Waals surface area (Å²) in [6.45, 7) is 4.00. The Morgan fingerprint density at radius 1 is 1.21 bits per heavy atom. The Balaban J connectivity index is 1.65. The van der Waals surface area contributed by atoms with Crippen LogP contribution < -0.4 is 4.74 Å². The van der Waals surface area contributed by atoms with Crippen LogP contribution in [-0.2, 0) is 11.2 Å². The molecule has 29 heavy (non-hydrogen) atoms. The molecule has 1 atom stereocenters. The summed E-state index contributed by atoms with van der Waals surface area (Å²) in [7, 11) is 3.24. The molecule has 3 rings (SSSR count). The number of aromatic nitrogens is 1. The molecule has 0 aliphatic carbocycles. The Morgan fingerprint density at radius 2 is 1.93 bits per heavy atom. The van der Waals surface area contributed by atoms with Gasteiger partial charge < -0.3 is 19.2 Å². The van der Waals surface area contributed by atoms with Crippen LogP contribution in [0.2, 0.25) is 0 Å². The quantitative estimate of drug-likeness (QED) is 0.661. The Bertz CT molecular complexity index is 979. The molecule has 1 unspecified atom stereocenters. The number of aliphatic hydroxyl groups is 1. The molecule has 0 aliphatic rings. The molecule has 6 nitrogen and oxygen atoms in total. The molecule has 0 saturated carbocycles. The van der Waals surface area contributed by atoms with Crippen molar-refractivity contribution in [1.82, 2.24) is 9.88 Å². The lowest BCUT2D eigenvalue weighted by Gasteiger charge is -2.21. The molecule has 6 heteroatoms. The predicted molar refractivity (Wildman–Crippen MR) is 111 cm³/mol. The lowest BCUT2D eigenvalue weighted by Crippen LogP contribution is -2.32. The smallest absolute Gasteiger partial charge is 0.228 e. The third-order valence-electron chi connectivity index (χ3n) is 4.86.